The number of hydrogen-bond donors (Lipinski definition) is 0. The lowest BCUT2D eigenvalue weighted by Gasteiger charge is -2.36. The molecule has 2 aromatic carbocycles. The van der Waals surface area contributed by atoms with Crippen LogP contribution in [-0.4, -0.2) is 50.2 Å². The van der Waals surface area contributed by atoms with E-state index in [1.54, 1.807) is 16.9 Å². The van der Waals surface area contributed by atoms with E-state index in [1.165, 1.54) is 15.8 Å². The fraction of sp³-hybridized carbons (Fsp3) is 0.276. The van der Waals surface area contributed by atoms with Crippen molar-refractivity contribution in [2.75, 3.05) is 31.1 Å². The van der Waals surface area contributed by atoms with Crippen molar-refractivity contribution in [3.8, 4) is 11.6 Å². The molecule has 0 atom stereocenters. The molecule has 37 heavy (non-hydrogen) atoms. The number of furan rings is 1. The minimum atomic E-state index is -0.175. The first-order chi connectivity index (χ1) is 18.2. The molecule has 1 saturated heterocycles. The van der Waals surface area contributed by atoms with Gasteiger partial charge in [0.2, 0.25) is 5.82 Å². The van der Waals surface area contributed by atoms with Gasteiger partial charge in [-0.2, -0.15) is 4.52 Å². The Balaban J connectivity index is 1.25. The van der Waals surface area contributed by atoms with Crippen LogP contribution in [0.3, 0.4) is 0 Å². The van der Waals surface area contributed by atoms with Gasteiger partial charge in [-0.25, -0.2) is 9.78 Å². The van der Waals surface area contributed by atoms with Gasteiger partial charge in [0.05, 0.1) is 6.26 Å². The highest BCUT2D eigenvalue weighted by atomic mass is 16.3. The van der Waals surface area contributed by atoms with Crippen LogP contribution < -0.4 is 10.6 Å². The Hall–Kier alpha value is -4.17. The lowest BCUT2D eigenvalue weighted by Crippen LogP contribution is -2.46. The third-order valence-electron chi connectivity index (χ3n) is 6.97. The van der Waals surface area contributed by atoms with Crippen LogP contribution in [0.25, 0.3) is 17.2 Å². The molecule has 6 rings (SSSR count). The second-order valence-corrected chi connectivity index (χ2v) is 9.47. The molecule has 8 heteroatoms. The highest BCUT2D eigenvalue weighted by Crippen LogP contribution is 2.20. The fourth-order valence-electron chi connectivity index (χ4n) is 5.00. The van der Waals surface area contributed by atoms with E-state index >= 15 is 0 Å². The summed E-state index contributed by atoms with van der Waals surface area (Å²) in [7, 11) is 0. The molecule has 0 amide bonds. The Morgan fingerprint density at radius 2 is 1.62 bits per heavy atom. The van der Waals surface area contributed by atoms with Gasteiger partial charge in [-0.3, -0.25) is 9.47 Å². The molecule has 5 aromatic rings. The Kier molecular flexibility index (Phi) is 6.56. The average Bonchev–Trinajstić information content (AvgIpc) is 3.64. The largest absolute Gasteiger partial charge is 0.461 e. The predicted octanol–water partition coefficient (Wildman–Crippen LogP) is 4.11. The SMILES string of the molecule is O=c1n(CCCc2ccccc2)cc(CN2CCN(c3ccccc3)CC2)c2nc(-c3ccco3)nn12. The van der Waals surface area contributed by atoms with Gasteiger partial charge >= 0.3 is 5.69 Å². The number of aryl methyl sites for hydroxylation is 2. The highest BCUT2D eigenvalue weighted by molar-refractivity contribution is 5.55. The summed E-state index contributed by atoms with van der Waals surface area (Å²) in [6.45, 7) is 5.12. The molecule has 0 N–H and O–H groups in total. The normalized spacial score (nSPS) is 14.4. The monoisotopic (exact) mass is 494 g/mol. The van der Waals surface area contributed by atoms with Crippen molar-refractivity contribution in [2.24, 2.45) is 0 Å². The summed E-state index contributed by atoms with van der Waals surface area (Å²) in [6, 6.07) is 24.5. The number of benzene rings is 2. The maximum atomic E-state index is 13.4. The van der Waals surface area contributed by atoms with Gasteiger partial charge in [-0.05, 0) is 42.7 Å². The van der Waals surface area contributed by atoms with Gasteiger partial charge in [0.1, 0.15) is 0 Å². The van der Waals surface area contributed by atoms with Crippen LogP contribution in [0.5, 0.6) is 0 Å². The number of anilines is 1. The zero-order valence-corrected chi connectivity index (χ0v) is 20.7. The van der Waals surface area contributed by atoms with Crippen LogP contribution in [0.4, 0.5) is 5.69 Å². The summed E-state index contributed by atoms with van der Waals surface area (Å²) in [6.07, 6.45) is 5.35. The number of para-hydroxylation sites is 1. The minimum Gasteiger partial charge on any atom is -0.461 e. The summed E-state index contributed by atoms with van der Waals surface area (Å²) in [5, 5.41) is 4.54. The van der Waals surface area contributed by atoms with E-state index in [9.17, 15) is 4.79 Å². The third-order valence-corrected chi connectivity index (χ3v) is 6.97. The molecule has 1 aliphatic heterocycles. The fourth-order valence-corrected chi connectivity index (χ4v) is 5.00. The van der Waals surface area contributed by atoms with Crippen molar-refractivity contribution < 1.29 is 4.42 Å². The van der Waals surface area contributed by atoms with Gasteiger partial charge in [-0.15, -0.1) is 5.10 Å². The molecular formula is C29H30N6O2. The average molecular weight is 495 g/mol. The summed E-state index contributed by atoms with van der Waals surface area (Å²) < 4.78 is 8.74. The first-order valence-corrected chi connectivity index (χ1v) is 12.8. The number of aromatic nitrogens is 4. The highest BCUT2D eigenvalue weighted by Gasteiger charge is 2.21. The molecule has 0 bridgehead atoms. The van der Waals surface area contributed by atoms with E-state index < -0.39 is 0 Å². The molecule has 4 heterocycles. The van der Waals surface area contributed by atoms with Crippen LogP contribution in [0, 0.1) is 0 Å². The molecule has 0 unspecified atom stereocenters. The quantitative estimate of drug-likeness (QED) is 0.323. The van der Waals surface area contributed by atoms with Crippen molar-refractivity contribution >= 4 is 11.3 Å². The molecule has 8 nitrogen and oxygen atoms in total. The van der Waals surface area contributed by atoms with Gasteiger partial charge < -0.3 is 9.32 Å². The topological polar surface area (TPSA) is 71.8 Å². The lowest BCUT2D eigenvalue weighted by molar-refractivity contribution is 0.249. The van der Waals surface area contributed by atoms with Crippen LogP contribution in [0.1, 0.15) is 17.5 Å². The predicted molar refractivity (Wildman–Crippen MR) is 144 cm³/mol. The molecule has 3 aromatic heterocycles. The second-order valence-electron chi connectivity index (χ2n) is 9.47. The third kappa shape index (κ3) is 5.06. The van der Waals surface area contributed by atoms with Crippen LogP contribution in [-0.2, 0) is 19.5 Å². The number of piperazine rings is 1. The molecule has 1 fully saturated rings. The maximum absolute atomic E-state index is 13.4. The van der Waals surface area contributed by atoms with Crippen LogP contribution >= 0.6 is 0 Å². The Morgan fingerprint density at radius 3 is 2.35 bits per heavy atom. The van der Waals surface area contributed by atoms with Crippen molar-refractivity contribution in [1.29, 1.82) is 0 Å². The summed E-state index contributed by atoms with van der Waals surface area (Å²) in [4.78, 5) is 22.9. The van der Waals surface area contributed by atoms with Crippen molar-refractivity contribution in [3.05, 3.63) is 107 Å². The first-order valence-electron chi connectivity index (χ1n) is 12.8. The van der Waals surface area contributed by atoms with E-state index in [4.69, 9.17) is 9.40 Å². The zero-order valence-electron chi connectivity index (χ0n) is 20.7. The van der Waals surface area contributed by atoms with E-state index in [1.807, 2.05) is 18.3 Å². The number of fused-ring (bicyclic) bond motifs is 1. The Bertz CT molecular complexity index is 1500. The standard InChI is InChI=1S/C29H30N6O2/c36-29-34(15-7-11-23-9-3-1-4-10-23)22-24(28-30-27(31-35(28)29)26-14-8-20-37-26)21-32-16-18-33(19-17-32)25-12-5-2-6-13-25/h1-6,8-10,12-14,20,22H,7,11,15-19,21H2. The smallest absolute Gasteiger partial charge is 0.350 e. The zero-order chi connectivity index (χ0) is 25.0. The number of rotatable bonds is 8. The summed E-state index contributed by atoms with van der Waals surface area (Å²) >= 11 is 0. The molecule has 0 spiro atoms. The van der Waals surface area contributed by atoms with Crippen LogP contribution in [0.15, 0.2) is 94.5 Å². The van der Waals surface area contributed by atoms with E-state index in [-0.39, 0.29) is 5.69 Å². The van der Waals surface area contributed by atoms with Crippen LogP contribution in [0.2, 0.25) is 0 Å². The van der Waals surface area contributed by atoms with E-state index in [2.05, 4.69) is 69.5 Å². The lowest BCUT2D eigenvalue weighted by atomic mass is 10.1. The molecular weight excluding hydrogens is 464 g/mol. The summed E-state index contributed by atoms with van der Waals surface area (Å²) in [5.41, 5.74) is 3.95. The number of hydrogen-bond acceptors (Lipinski definition) is 6. The Labute approximate surface area is 215 Å². The summed E-state index contributed by atoms with van der Waals surface area (Å²) in [5.74, 6) is 0.987. The molecule has 0 saturated carbocycles. The molecule has 0 aliphatic carbocycles. The minimum absolute atomic E-state index is 0.175. The van der Waals surface area contributed by atoms with Gasteiger partial charge in [0, 0.05) is 56.7 Å². The van der Waals surface area contributed by atoms with Crippen molar-refractivity contribution in [2.45, 2.75) is 25.9 Å². The molecule has 0 radical (unpaired) electrons. The molecule has 1 aliphatic rings. The van der Waals surface area contributed by atoms with Gasteiger partial charge in [0.15, 0.2) is 11.4 Å². The first kappa shape index (κ1) is 23.2. The molecule has 188 valence electrons. The maximum Gasteiger partial charge on any atom is 0.350 e. The van der Waals surface area contributed by atoms with Crippen molar-refractivity contribution in [1.82, 2.24) is 24.1 Å². The Morgan fingerprint density at radius 1 is 0.865 bits per heavy atom. The van der Waals surface area contributed by atoms with Gasteiger partial charge in [-0.1, -0.05) is 48.5 Å². The van der Waals surface area contributed by atoms with E-state index in [0.717, 1.165) is 44.6 Å². The van der Waals surface area contributed by atoms with E-state index in [0.29, 0.717) is 30.3 Å². The van der Waals surface area contributed by atoms with Gasteiger partial charge in [0.25, 0.3) is 0 Å². The number of nitrogens with zero attached hydrogens (tertiary/aromatic N) is 6. The van der Waals surface area contributed by atoms with Crippen molar-refractivity contribution in [3.63, 3.8) is 0 Å². The second kappa shape index (κ2) is 10.4.